The van der Waals surface area contributed by atoms with Crippen molar-refractivity contribution >= 4 is 32.7 Å². The van der Waals surface area contributed by atoms with E-state index in [0.717, 1.165) is 23.4 Å². The number of amides is 1. The van der Waals surface area contributed by atoms with Gasteiger partial charge in [-0.2, -0.15) is 0 Å². The number of carbonyl (C=O) groups excluding carboxylic acids is 1. The van der Waals surface area contributed by atoms with Crippen molar-refractivity contribution < 1.29 is 13.2 Å². The summed E-state index contributed by atoms with van der Waals surface area (Å²) in [6.07, 6.45) is 0. The number of benzene rings is 3. The van der Waals surface area contributed by atoms with Crippen molar-refractivity contribution in [1.82, 2.24) is 14.5 Å². The molecule has 0 bridgehead atoms. The predicted molar refractivity (Wildman–Crippen MR) is 130 cm³/mol. The van der Waals surface area contributed by atoms with Crippen molar-refractivity contribution in [1.29, 1.82) is 0 Å². The van der Waals surface area contributed by atoms with Crippen LogP contribution in [0.25, 0.3) is 11.0 Å². The van der Waals surface area contributed by atoms with Gasteiger partial charge in [0.2, 0.25) is 0 Å². The summed E-state index contributed by atoms with van der Waals surface area (Å²) in [6.45, 7) is 3.08. The van der Waals surface area contributed by atoms with E-state index in [0.29, 0.717) is 17.8 Å². The summed E-state index contributed by atoms with van der Waals surface area (Å²) in [4.78, 5) is 19.5. The number of aromatic nitrogens is 2. The molecule has 3 aromatic carbocycles. The van der Waals surface area contributed by atoms with Crippen LogP contribution in [0.4, 0.5) is 5.69 Å². The average Bonchev–Trinajstić information content (AvgIpc) is 3.20. The Hall–Kier alpha value is -3.65. The molecular weight excluding hydrogens is 436 g/mol. The maximum absolute atomic E-state index is 13.2. The lowest BCUT2D eigenvalue weighted by Gasteiger charge is -2.21. The van der Waals surface area contributed by atoms with E-state index in [2.05, 4.69) is 9.55 Å². The number of imidazole rings is 1. The first-order chi connectivity index (χ1) is 15.8. The number of para-hydroxylation sites is 3. The Morgan fingerprint density at radius 2 is 1.64 bits per heavy atom. The number of hydrogen-bond acceptors (Lipinski definition) is 4. The minimum atomic E-state index is -3.81. The number of aryl methyl sites for hydroxylation is 1. The van der Waals surface area contributed by atoms with Crippen molar-refractivity contribution in [3.8, 4) is 0 Å². The maximum atomic E-state index is 13.2. The molecule has 0 atom stereocenters. The van der Waals surface area contributed by atoms with Crippen LogP contribution in [0.5, 0.6) is 0 Å². The Labute approximate surface area is 193 Å². The fourth-order valence-corrected chi connectivity index (χ4v) is 5.07. The summed E-state index contributed by atoms with van der Waals surface area (Å²) >= 11 is 0. The second kappa shape index (κ2) is 9.07. The van der Waals surface area contributed by atoms with E-state index in [1.165, 1.54) is 23.5 Å². The number of sulfonamides is 1. The van der Waals surface area contributed by atoms with Crippen molar-refractivity contribution in [2.75, 3.05) is 18.4 Å². The molecule has 0 N–H and O–H groups in total. The third-order valence-corrected chi connectivity index (χ3v) is 7.42. The van der Waals surface area contributed by atoms with Crippen LogP contribution in [0.2, 0.25) is 0 Å². The first kappa shape index (κ1) is 22.5. The molecule has 170 valence electrons. The van der Waals surface area contributed by atoms with Crippen molar-refractivity contribution in [2.24, 2.45) is 0 Å². The highest BCUT2D eigenvalue weighted by Gasteiger charge is 2.23. The van der Waals surface area contributed by atoms with Gasteiger partial charge >= 0.3 is 0 Å². The van der Waals surface area contributed by atoms with Crippen LogP contribution in [0.15, 0.2) is 83.8 Å². The summed E-state index contributed by atoms with van der Waals surface area (Å²) in [5, 5.41) is 0. The highest BCUT2D eigenvalue weighted by atomic mass is 32.2. The standard InChI is InChI=1S/C25H26N4O3S/c1-4-29-23-16-9-8-15-22(23)26-24(29)18-27(2)25(30)19-11-10-14-21(17-19)33(31,32)28(3)20-12-6-5-7-13-20/h5-17H,4,18H2,1-3H3. The first-order valence-electron chi connectivity index (χ1n) is 10.7. The Morgan fingerprint density at radius 3 is 2.36 bits per heavy atom. The van der Waals surface area contributed by atoms with Gasteiger partial charge in [0.05, 0.1) is 28.2 Å². The van der Waals surface area contributed by atoms with Gasteiger partial charge < -0.3 is 9.47 Å². The van der Waals surface area contributed by atoms with Crippen molar-refractivity contribution in [2.45, 2.75) is 24.9 Å². The van der Waals surface area contributed by atoms with E-state index in [-0.39, 0.29) is 10.8 Å². The molecule has 0 radical (unpaired) electrons. The normalized spacial score (nSPS) is 11.5. The number of nitrogens with zero attached hydrogens (tertiary/aromatic N) is 4. The van der Waals surface area contributed by atoms with Crippen LogP contribution in [0.1, 0.15) is 23.1 Å². The summed E-state index contributed by atoms with van der Waals surface area (Å²) < 4.78 is 29.6. The summed E-state index contributed by atoms with van der Waals surface area (Å²) in [5.74, 6) is 0.506. The molecule has 0 spiro atoms. The molecule has 4 rings (SSSR count). The summed E-state index contributed by atoms with van der Waals surface area (Å²) in [5.41, 5.74) is 2.75. The van der Waals surface area contributed by atoms with Gasteiger partial charge in [-0.25, -0.2) is 13.4 Å². The van der Waals surface area contributed by atoms with Gasteiger partial charge in [-0.1, -0.05) is 36.4 Å². The highest BCUT2D eigenvalue weighted by molar-refractivity contribution is 7.92. The number of hydrogen-bond donors (Lipinski definition) is 0. The summed E-state index contributed by atoms with van der Waals surface area (Å²) in [6, 6.07) is 22.8. The van der Waals surface area contributed by atoms with E-state index in [1.54, 1.807) is 48.3 Å². The van der Waals surface area contributed by atoms with Crippen LogP contribution < -0.4 is 4.31 Å². The van der Waals surface area contributed by atoms with Crippen molar-refractivity contribution in [3.63, 3.8) is 0 Å². The number of carbonyl (C=O) groups is 1. The fourth-order valence-electron chi connectivity index (χ4n) is 3.83. The Kier molecular flexibility index (Phi) is 6.20. The zero-order chi connectivity index (χ0) is 23.6. The quantitative estimate of drug-likeness (QED) is 0.413. The molecule has 33 heavy (non-hydrogen) atoms. The van der Waals surface area contributed by atoms with Gasteiger partial charge in [0.25, 0.3) is 15.9 Å². The monoisotopic (exact) mass is 462 g/mol. The second-order valence-electron chi connectivity index (χ2n) is 7.76. The number of fused-ring (bicyclic) bond motifs is 1. The second-order valence-corrected chi connectivity index (χ2v) is 9.73. The van der Waals surface area contributed by atoms with Gasteiger partial charge in [-0.3, -0.25) is 9.10 Å². The van der Waals surface area contributed by atoms with Crippen LogP contribution in [0.3, 0.4) is 0 Å². The largest absolute Gasteiger partial charge is 0.334 e. The Bertz CT molecular complexity index is 1400. The van der Waals surface area contributed by atoms with Crippen LogP contribution in [-0.4, -0.2) is 42.9 Å². The molecule has 0 saturated carbocycles. The molecule has 1 amide bonds. The van der Waals surface area contributed by atoms with E-state index >= 15 is 0 Å². The van der Waals surface area contributed by atoms with Crippen LogP contribution >= 0.6 is 0 Å². The molecule has 7 nitrogen and oxygen atoms in total. The molecule has 8 heteroatoms. The van der Waals surface area contributed by atoms with E-state index in [1.807, 2.05) is 37.3 Å². The highest BCUT2D eigenvalue weighted by Crippen LogP contribution is 2.23. The third kappa shape index (κ3) is 4.34. The topological polar surface area (TPSA) is 75.5 Å². The molecular formula is C25H26N4O3S. The molecule has 0 unspecified atom stereocenters. The fraction of sp³-hybridized carbons (Fsp3) is 0.200. The SMILES string of the molecule is CCn1c(CN(C)C(=O)c2cccc(S(=O)(=O)N(C)c3ccccc3)c2)nc2ccccc21. The third-order valence-electron chi connectivity index (χ3n) is 5.63. The Morgan fingerprint density at radius 1 is 0.939 bits per heavy atom. The Balaban J connectivity index is 1.59. The smallest absolute Gasteiger partial charge is 0.264 e. The van der Waals surface area contributed by atoms with Gasteiger partial charge in [-0.05, 0) is 49.4 Å². The van der Waals surface area contributed by atoms with E-state index in [9.17, 15) is 13.2 Å². The van der Waals surface area contributed by atoms with Crippen LogP contribution in [0, 0.1) is 0 Å². The zero-order valence-corrected chi connectivity index (χ0v) is 19.7. The number of anilines is 1. The average molecular weight is 463 g/mol. The lowest BCUT2D eigenvalue weighted by molar-refractivity contribution is 0.0780. The van der Waals surface area contributed by atoms with E-state index < -0.39 is 10.0 Å². The predicted octanol–water partition coefficient (Wildman–Crippen LogP) is 4.15. The van der Waals surface area contributed by atoms with Gasteiger partial charge in [0.1, 0.15) is 5.82 Å². The minimum Gasteiger partial charge on any atom is -0.334 e. The molecule has 1 aromatic heterocycles. The molecule has 0 saturated heterocycles. The van der Waals surface area contributed by atoms with Gasteiger partial charge in [-0.15, -0.1) is 0 Å². The maximum Gasteiger partial charge on any atom is 0.264 e. The molecule has 0 aliphatic carbocycles. The van der Waals surface area contributed by atoms with Crippen LogP contribution in [-0.2, 0) is 23.1 Å². The first-order valence-corrected chi connectivity index (χ1v) is 12.1. The lowest BCUT2D eigenvalue weighted by atomic mass is 10.2. The molecule has 0 fully saturated rings. The number of rotatable bonds is 7. The van der Waals surface area contributed by atoms with E-state index in [4.69, 9.17) is 0 Å². The minimum absolute atomic E-state index is 0.0638. The molecule has 0 aliphatic heterocycles. The van der Waals surface area contributed by atoms with Gasteiger partial charge in [0, 0.05) is 26.2 Å². The van der Waals surface area contributed by atoms with Gasteiger partial charge in [0.15, 0.2) is 0 Å². The summed E-state index contributed by atoms with van der Waals surface area (Å²) in [7, 11) is -0.621. The molecule has 1 heterocycles. The molecule has 4 aromatic rings. The van der Waals surface area contributed by atoms with Crippen molar-refractivity contribution in [3.05, 3.63) is 90.3 Å². The lowest BCUT2D eigenvalue weighted by Crippen LogP contribution is -2.29. The zero-order valence-electron chi connectivity index (χ0n) is 18.8. The molecule has 0 aliphatic rings.